The summed E-state index contributed by atoms with van der Waals surface area (Å²) < 4.78 is 7.49. The molecule has 0 aromatic carbocycles. The Bertz CT molecular complexity index is 108. The molecule has 0 aromatic rings. The van der Waals surface area contributed by atoms with E-state index >= 15 is 0 Å². The minimum Gasteiger partial charge on any atom is -0.421 e. The zero-order valence-electron chi connectivity index (χ0n) is 14.4. The first-order valence-electron chi connectivity index (χ1n) is 6.72. The molecule has 0 rings (SSSR count). The summed E-state index contributed by atoms with van der Waals surface area (Å²) >= 11 is 0. The van der Waals surface area contributed by atoms with Crippen molar-refractivity contribution in [1.29, 1.82) is 0 Å². The molecule has 0 aliphatic heterocycles. The summed E-state index contributed by atoms with van der Waals surface area (Å²) in [6.45, 7) is 13.8. The van der Waals surface area contributed by atoms with Crippen molar-refractivity contribution in [3.63, 3.8) is 0 Å². The fourth-order valence-corrected chi connectivity index (χ4v) is 1.00. The maximum atomic E-state index is 7.57. The molecule has 0 aliphatic rings. The third-order valence-corrected chi connectivity index (χ3v) is 4.60. The molecule has 116 valence electrons. The van der Waals surface area contributed by atoms with Crippen LogP contribution in [0, 0.1) is 0 Å². The van der Waals surface area contributed by atoms with E-state index in [1.165, 1.54) is 0 Å². The van der Waals surface area contributed by atoms with Crippen LogP contribution in [0.5, 0.6) is 0 Å². The molecular weight excluding hydrogens is 260 g/mol. The predicted molar refractivity (Wildman–Crippen MR) is 90.8 cm³/mol. The Hall–Kier alpha value is 0.274. The molecule has 0 amide bonds. The largest absolute Gasteiger partial charge is 0.421 e. The van der Waals surface area contributed by atoms with Crippen LogP contribution in [0.4, 0.5) is 0 Å². The lowest BCUT2D eigenvalue weighted by molar-refractivity contribution is 0.318. The van der Waals surface area contributed by atoms with Gasteiger partial charge in [-0.1, -0.05) is 13.1 Å². The van der Waals surface area contributed by atoms with E-state index in [2.05, 4.69) is 50.2 Å². The SMILES string of the molecule is CCO.CCO[SiH](C)C.CN(C)[SiH](C)C.CNC. The lowest BCUT2D eigenvalue weighted by Crippen LogP contribution is -2.25. The first kappa shape index (κ1) is 26.8. The molecule has 0 radical (unpaired) electrons. The van der Waals surface area contributed by atoms with Crippen LogP contribution in [0.25, 0.3) is 0 Å². The highest BCUT2D eigenvalue weighted by Crippen LogP contribution is 1.80. The minimum atomic E-state index is -0.671. The molecule has 0 unspecified atom stereocenters. The van der Waals surface area contributed by atoms with Gasteiger partial charge < -0.3 is 19.4 Å². The molecule has 0 aliphatic carbocycles. The maximum absolute atomic E-state index is 7.57. The third-order valence-electron chi connectivity index (χ3n) is 1.53. The van der Waals surface area contributed by atoms with Crippen molar-refractivity contribution in [2.24, 2.45) is 0 Å². The van der Waals surface area contributed by atoms with Gasteiger partial charge in [-0.25, -0.2) is 0 Å². The standard InChI is InChI=1S/C4H13NSi.C4H12OSi.C2H7N.C2H6O/c1-5(2)6(3)4;1-4-5-6(2)3;1-3-2;1-2-3/h6H,1-4H3;6H,4H2,1-3H3;3H,1-2H3;3H,2H2,1H3. The third kappa shape index (κ3) is 71.8. The van der Waals surface area contributed by atoms with Crippen LogP contribution in [0.15, 0.2) is 0 Å². The van der Waals surface area contributed by atoms with E-state index in [1.54, 1.807) is 6.92 Å². The van der Waals surface area contributed by atoms with Gasteiger partial charge in [-0.3, -0.25) is 0 Å². The van der Waals surface area contributed by atoms with E-state index in [1.807, 2.05) is 21.0 Å². The molecule has 0 atom stereocenters. The Morgan fingerprint density at radius 3 is 1.28 bits per heavy atom. The van der Waals surface area contributed by atoms with Crippen LogP contribution in [-0.4, -0.2) is 69.1 Å². The minimum absolute atomic E-state index is 0.250. The number of aliphatic hydroxyl groups excluding tert-OH is 1. The molecule has 0 spiro atoms. The van der Waals surface area contributed by atoms with Gasteiger partial charge in [-0.2, -0.15) is 0 Å². The van der Waals surface area contributed by atoms with Gasteiger partial charge in [0.05, 0.1) is 0 Å². The Balaban J connectivity index is -0.0000000770. The monoisotopic (exact) mass is 298 g/mol. The van der Waals surface area contributed by atoms with E-state index in [-0.39, 0.29) is 6.61 Å². The molecule has 0 saturated heterocycles. The molecule has 4 nitrogen and oxygen atoms in total. The molecule has 6 heteroatoms. The number of nitrogens with zero attached hydrogens (tertiary/aromatic N) is 1. The second-order valence-corrected chi connectivity index (χ2v) is 10.0. The van der Waals surface area contributed by atoms with Crippen LogP contribution < -0.4 is 5.32 Å². The quantitative estimate of drug-likeness (QED) is 0.773. The number of nitrogens with one attached hydrogen (secondary N) is 1. The summed E-state index contributed by atoms with van der Waals surface area (Å²) in [6, 6.07) is 0. The topological polar surface area (TPSA) is 44.7 Å². The van der Waals surface area contributed by atoms with Crippen molar-refractivity contribution in [2.45, 2.75) is 40.0 Å². The average molecular weight is 299 g/mol. The van der Waals surface area contributed by atoms with Crippen LogP contribution in [0.1, 0.15) is 13.8 Å². The van der Waals surface area contributed by atoms with Crippen molar-refractivity contribution >= 4 is 18.0 Å². The van der Waals surface area contributed by atoms with Crippen LogP contribution in [0.3, 0.4) is 0 Å². The second-order valence-electron chi connectivity index (χ2n) is 4.38. The van der Waals surface area contributed by atoms with Gasteiger partial charge in [0.15, 0.2) is 9.04 Å². The van der Waals surface area contributed by atoms with E-state index in [4.69, 9.17) is 9.53 Å². The van der Waals surface area contributed by atoms with Gasteiger partial charge in [0.2, 0.25) is 0 Å². The van der Waals surface area contributed by atoms with Gasteiger partial charge in [-0.15, -0.1) is 0 Å². The predicted octanol–water partition coefficient (Wildman–Crippen LogP) is 1.37. The van der Waals surface area contributed by atoms with E-state index < -0.39 is 18.0 Å². The number of aliphatic hydroxyl groups is 1. The lowest BCUT2D eigenvalue weighted by atomic mass is 10.9. The van der Waals surface area contributed by atoms with Gasteiger partial charge in [0.25, 0.3) is 0 Å². The normalized spacial score (nSPS) is 9.00. The Labute approximate surface area is 119 Å². The highest BCUT2D eigenvalue weighted by molar-refractivity contribution is 6.52. The zero-order chi connectivity index (χ0) is 15.6. The van der Waals surface area contributed by atoms with Crippen molar-refractivity contribution < 1.29 is 9.53 Å². The summed E-state index contributed by atoms with van der Waals surface area (Å²) in [5, 5.41) is 10.3. The molecule has 0 fully saturated rings. The average Bonchev–Trinajstić information content (AvgIpc) is 2.20. The van der Waals surface area contributed by atoms with Crippen molar-refractivity contribution in [3.05, 3.63) is 0 Å². The van der Waals surface area contributed by atoms with Gasteiger partial charge >= 0.3 is 0 Å². The molecule has 0 heterocycles. The second kappa shape index (κ2) is 26.0. The molecule has 2 N–H and O–H groups in total. The fourth-order valence-electron chi connectivity index (χ4n) is 0.333. The highest BCUT2D eigenvalue weighted by Gasteiger charge is 1.93. The fraction of sp³-hybridized carbons (Fsp3) is 1.00. The lowest BCUT2D eigenvalue weighted by Gasteiger charge is -2.10. The first-order chi connectivity index (χ1) is 8.24. The van der Waals surface area contributed by atoms with Crippen LogP contribution in [0.2, 0.25) is 26.2 Å². The zero-order valence-corrected chi connectivity index (χ0v) is 16.7. The Kier molecular flexibility index (Phi) is 38.6. The summed E-state index contributed by atoms with van der Waals surface area (Å²) in [5.41, 5.74) is 0. The maximum Gasteiger partial charge on any atom is 0.170 e. The van der Waals surface area contributed by atoms with E-state index in [0.717, 1.165) is 6.61 Å². The molecular formula is C12H38N2O2Si2. The summed E-state index contributed by atoms with van der Waals surface area (Å²) in [4.78, 5) is 0. The van der Waals surface area contributed by atoms with Gasteiger partial charge in [-0.05, 0) is 55.1 Å². The summed E-state index contributed by atoms with van der Waals surface area (Å²) in [7, 11) is 6.94. The number of rotatable bonds is 3. The van der Waals surface area contributed by atoms with Crippen LogP contribution >= 0.6 is 0 Å². The first-order valence-corrected chi connectivity index (χ1v) is 12.3. The highest BCUT2D eigenvalue weighted by atomic mass is 28.3. The Morgan fingerprint density at radius 1 is 1.06 bits per heavy atom. The van der Waals surface area contributed by atoms with Gasteiger partial charge in [0.1, 0.15) is 8.96 Å². The van der Waals surface area contributed by atoms with Crippen LogP contribution in [-0.2, 0) is 4.43 Å². The molecule has 18 heavy (non-hydrogen) atoms. The van der Waals surface area contributed by atoms with E-state index in [9.17, 15) is 0 Å². The molecule has 0 aromatic heterocycles. The summed E-state index contributed by atoms with van der Waals surface area (Å²) in [6.07, 6.45) is 0. The summed E-state index contributed by atoms with van der Waals surface area (Å²) in [5.74, 6) is 0. The smallest absolute Gasteiger partial charge is 0.170 e. The van der Waals surface area contributed by atoms with E-state index in [0.29, 0.717) is 0 Å². The van der Waals surface area contributed by atoms with Crippen molar-refractivity contribution in [1.82, 2.24) is 9.88 Å². The molecule has 0 saturated carbocycles. The Morgan fingerprint density at radius 2 is 1.28 bits per heavy atom. The van der Waals surface area contributed by atoms with Gasteiger partial charge in [0, 0.05) is 13.2 Å². The number of hydrogen-bond acceptors (Lipinski definition) is 4. The van der Waals surface area contributed by atoms with Crippen molar-refractivity contribution in [2.75, 3.05) is 41.4 Å². The molecule has 0 bridgehead atoms. The number of hydrogen-bond donors (Lipinski definition) is 2. The van der Waals surface area contributed by atoms with Crippen molar-refractivity contribution in [3.8, 4) is 0 Å².